The Morgan fingerprint density at radius 3 is 2.13 bits per heavy atom. The number of halogens is 2. The van der Waals surface area contributed by atoms with E-state index in [1.165, 1.54) is 0 Å². The topological polar surface area (TPSA) is 17.1 Å². The average molecular weight is 348 g/mol. The van der Waals surface area contributed by atoms with E-state index in [4.69, 9.17) is 23.2 Å². The molecule has 0 aliphatic heterocycles. The zero-order chi connectivity index (χ0) is 17.1. The fourth-order valence-corrected chi connectivity index (χ4v) is 3.05. The van der Waals surface area contributed by atoms with E-state index in [2.05, 4.69) is 33.8 Å². The van der Waals surface area contributed by atoms with Crippen LogP contribution in [-0.2, 0) is 6.42 Å². The van der Waals surface area contributed by atoms with Crippen LogP contribution in [-0.4, -0.2) is 5.78 Å². The highest BCUT2D eigenvalue weighted by Gasteiger charge is 2.18. The third-order valence-electron chi connectivity index (χ3n) is 3.90. The molecule has 0 aliphatic carbocycles. The number of hydrogen-bond acceptors (Lipinski definition) is 1. The molecule has 0 spiro atoms. The predicted octanol–water partition coefficient (Wildman–Crippen LogP) is 6.47. The largest absolute Gasteiger partial charge is 0.294 e. The Labute approximate surface area is 148 Å². The summed E-state index contributed by atoms with van der Waals surface area (Å²) >= 11 is 12.4. The Bertz CT molecular complexity index is 697. The fraction of sp³-hybridized carbons (Fsp3) is 0.350. The van der Waals surface area contributed by atoms with Crippen LogP contribution >= 0.6 is 23.2 Å². The molecule has 3 heteroatoms. The summed E-state index contributed by atoms with van der Waals surface area (Å²) in [7, 11) is 0. The Morgan fingerprint density at radius 2 is 1.61 bits per heavy atom. The lowest BCUT2D eigenvalue weighted by atomic mass is 9.88. The Hall–Kier alpha value is -1.31. The van der Waals surface area contributed by atoms with E-state index in [0.717, 1.165) is 11.1 Å². The van der Waals surface area contributed by atoms with Gasteiger partial charge in [0.2, 0.25) is 0 Å². The van der Waals surface area contributed by atoms with Gasteiger partial charge in [-0.05, 0) is 46.7 Å². The lowest BCUT2D eigenvalue weighted by Gasteiger charge is -2.15. The van der Waals surface area contributed by atoms with E-state index in [0.29, 0.717) is 27.1 Å². The molecule has 2 rings (SSSR count). The molecular formula is C20H21Cl2O. The van der Waals surface area contributed by atoms with Crippen molar-refractivity contribution in [1.29, 1.82) is 0 Å². The zero-order valence-electron chi connectivity index (χ0n) is 13.9. The number of Topliss-reactive ketones (excluding diaryl/α,β-unsaturated/α-hetero) is 1. The maximum Gasteiger partial charge on any atom is 0.167 e. The number of hydrogen-bond donors (Lipinski definition) is 0. The molecule has 0 heterocycles. The minimum Gasteiger partial charge on any atom is -0.294 e. The van der Waals surface area contributed by atoms with Crippen molar-refractivity contribution < 1.29 is 4.79 Å². The van der Waals surface area contributed by atoms with Gasteiger partial charge in [-0.25, -0.2) is 0 Å². The van der Waals surface area contributed by atoms with Gasteiger partial charge in [-0.15, -0.1) is 0 Å². The molecule has 0 aromatic heterocycles. The second kappa shape index (κ2) is 7.51. The molecule has 0 amide bonds. The second-order valence-electron chi connectivity index (χ2n) is 6.35. The second-order valence-corrected chi connectivity index (χ2v) is 7.16. The summed E-state index contributed by atoms with van der Waals surface area (Å²) in [5.74, 6) is 0.638. The molecule has 0 atom stereocenters. The smallest absolute Gasteiger partial charge is 0.167 e. The van der Waals surface area contributed by atoms with Crippen LogP contribution in [0.4, 0.5) is 0 Å². The minimum absolute atomic E-state index is 0.0234. The van der Waals surface area contributed by atoms with Gasteiger partial charge in [-0.1, -0.05) is 69.1 Å². The normalized spacial score (nSPS) is 11.3. The molecule has 1 radical (unpaired) electrons. The van der Waals surface area contributed by atoms with Gasteiger partial charge in [0.15, 0.2) is 5.78 Å². The third-order valence-corrected chi connectivity index (χ3v) is 4.61. The maximum atomic E-state index is 12.8. The summed E-state index contributed by atoms with van der Waals surface area (Å²) in [5, 5.41) is 1.06. The quantitative estimate of drug-likeness (QED) is 0.566. The van der Waals surface area contributed by atoms with Crippen molar-refractivity contribution in [2.45, 2.75) is 46.0 Å². The number of carbonyl (C=O) groups excluding carboxylic acids is 1. The monoisotopic (exact) mass is 347 g/mol. The van der Waals surface area contributed by atoms with Crippen LogP contribution < -0.4 is 0 Å². The highest BCUT2D eigenvalue weighted by Crippen LogP contribution is 2.29. The molecule has 1 nitrogen and oxygen atoms in total. The van der Waals surface area contributed by atoms with Gasteiger partial charge < -0.3 is 0 Å². The summed E-state index contributed by atoms with van der Waals surface area (Å²) < 4.78 is 0. The van der Waals surface area contributed by atoms with Gasteiger partial charge in [0.1, 0.15) is 0 Å². The summed E-state index contributed by atoms with van der Waals surface area (Å²) in [6.45, 7) is 8.41. The SMILES string of the molecule is CC(C)c1[c]c(C(C)C)c(C(=O)Cc2c(Cl)cccc2Cl)cc1. The van der Waals surface area contributed by atoms with Crippen molar-refractivity contribution in [2.75, 3.05) is 0 Å². The minimum atomic E-state index is 0.0234. The molecule has 0 saturated heterocycles. The number of ketones is 1. The Morgan fingerprint density at radius 1 is 1.00 bits per heavy atom. The molecule has 0 saturated carbocycles. The van der Waals surface area contributed by atoms with E-state index in [1.54, 1.807) is 18.2 Å². The van der Waals surface area contributed by atoms with Crippen molar-refractivity contribution in [2.24, 2.45) is 0 Å². The standard InChI is InChI=1S/C20H21Cl2O/c1-12(2)14-8-9-15(16(10-14)13(3)4)20(23)11-17-18(21)6-5-7-19(17)22/h5-9,12-13H,11H2,1-4H3. The number of carbonyl (C=O) groups is 1. The van der Waals surface area contributed by atoms with Gasteiger partial charge in [-0.2, -0.15) is 0 Å². The molecule has 0 fully saturated rings. The van der Waals surface area contributed by atoms with Crippen molar-refractivity contribution in [1.82, 2.24) is 0 Å². The lowest BCUT2D eigenvalue weighted by molar-refractivity contribution is 0.0991. The molecule has 2 aromatic carbocycles. The average Bonchev–Trinajstić information content (AvgIpc) is 2.50. The van der Waals surface area contributed by atoms with E-state index < -0.39 is 0 Å². The van der Waals surface area contributed by atoms with Gasteiger partial charge >= 0.3 is 0 Å². The first kappa shape index (κ1) is 18.0. The van der Waals surface area contributed by atoms with Crippen LogP contribution in [0, 0.1) is 6.07 Å². The fourth-order valence-electron chi connectivity index (χ4n) is 2.52. The Balaban J connectivity index is 2.39. The highest BCUT2D eigenvalue weighted by atomic mass is 35.5. The molecule has 0 aliphatic rings. The van der Waals surface area contributed by atoms with Crippen molar-refractivity contribution in [3.05, 3.63) is 68.7 Å². The van der Waals surface area contributed by atoms with E-state index >= 15 is 0 Å². The molecule has 23 heavy (non-hydrogen) atoms. The van der Waals surface area contributed by atoms with Gasteiger partial charge in [0.25, 0.3) is 0 Å². The first-order valence-corrected chi connectivity index (χ1v) is 8.59. The van der Waals surface area contributed by atoms with Crippen LogP contribution in [0.1, 0.15) is 66.6 Å². The first-order chi connectivity index (χ1) is 10.8. The van der Waals surface area contributed by atoms with Gasteiger partial charge in [-0.3, -0.25) is 4.79 Å². The van der Waals surface area contributed by atoms with Gasteiger partial charge in [0, 0.05) is 22.0 Å². The van der Waals surface area contributed by atoms with Crippen LogP contribution in [0.5, 0.6) is 0 Å². The van der Waals surface area contributed by atoms with E-state index in [-0.39, 0.29) is 18.1 Å². The summed E-state index contributed by atoms with van der Waals surface area (Å²) in [6.07, 6.45) is 0.201. The van der Waals surface area contributed by atoms with Crippen LogP contribution in [0.25, 0.3) is 0 Å². The van der Waals surface area contributed by atoms with Gasteiger partial charge in [0.05, 0.1) is 0 Å². The van der Waals surface area contributed by atoms with Crippen molar-refractivity contribution in [3.63, 3.8) is 0 Å². The predicted molar refractivity (Wildman–Crippen MR) is 98.0 cm³/mol. The first-order valence-electron chi connectivity index (χ1n) is 7.83. The summed E-state index contributed by atoms with van der Waals surface area (Å²) in [4.78, 5) is 12.8. The molecule has 121 valence electrons. The van der Waals surface area contributed by atoms with Crippen LogP contribution in [0.3, 0.4) is 0 Å². The lowest BCUT2D eigenvalue weighted by Crippen LogP contribution is -2.10. The van der Waals surface area contributed by atoms with E-state index in [1.807, 2.05) is 12.1 Å². The van der Waals surface area contributed by atoms with Crippen LogP contribution in [0.2, 0.25) is 10.0 Å². The third kappa shape index (κ3) is 4.16. The van der Waals surface area contributed by atoms with Crippen molar-refractivity contribution in [3.8, 4) is 0 Å². The van der Waals surface area contributed by atoms with Crippen LogP contribution in [0.15, 0.2) is 30.3 Å². The summed E-state index contributed by atoms with van der Waals surface area (Å²) in [6, 6.07) is 12.6. The summed E-state index contributed by atoms with van der Waals surface area (Å²) in [5.41, 5.74) is 3.48. The molecular weight excluding hydrogens is 327 g/mol. The molecule has 2 aromatic rings. The molecule has 0 N–H and O–H groups in total. The zero-order valence-corrected chi connectivity index (χ0v) is 15.4. The Kier molecular flexibility index (Phi) is 5.89. The molecule has 0 unspecified atom stereocenters. The molecule has 0 bridgehead atoms. The van der Waals surface area contributed by atoms with E-state index in [9.17, 15) is 4.79 Å². The maximum absolute atomic E-state index is 12.8. The van der Waals surface area contributed by atoms with Crippen molar-refractivity contribution >= 4 is 29.0 Å². The highest BCUT2D eigenvalue weighted by molar-refractivity contribution is 6.36. The number of benzene rings is 2. The number of rotatable bonds is 5.